The molecule has 11 nitrogen and oxygen atoms in total. The van der Waals surface area contributed by atoms with Crippen LogP contribution < -0.4 is 16.6 Å². The molecule has 196 valence electrons. The van der Waals surface area contributed by atoms with Crippen LogP contribution in [0.1, 0.15) is 44.7 Å². The van der Waals surface area contributed by atoms with E-state index in [0.717, 1.165) is 5.01 Å². The number of nitrogens with two attached hydrogens (primary N) is 1. The second-order valence-electron chi connectivity index (χ2n) is 8.87. The Balaban J connectivity index is 1.48. The fraction of sp³-hybridized carbons (Fsp3) is 0.107. The summed E-state index contributed by atoms with van der Waals surface area (Å²) in [7, 11) is 0. The van der Waals surface area contributed by atoms with Gasteiger partial charge in [0, 0.05) is 18.0 Å². The van der Waals surface area contributed by atoms with Crippen molar-refractivity contribution < 1.29 is 4.79 Å². The van der Waals surface area contributed by atoms with Gasteiger partial charge < -0.3 is 11.1 Å². The first-order valence-electron chi connectivity index (χ1n) is 12.2. The molecule has 0 bridgehead atoms. The van der Waals surface area contributed by atoms with Gasteiger partial charge >= 0.3 is 0 Å². The van der Waals surface area contributed by atoms with Crippen LogP contribution in [0.4, 0.5) is 5.82 Å². The van der Waals surface area contributed by atoms with E-state index in [1.807, 2.05) is 25.1 Å². The van der Waals surface area contributed by atoms with Crippen LogP contribution in [-0.2, 0) is 0 Å². The molecule has 0 aliphatic rings. The third kappa shape index (κ3) is 4.44. The van der Waals surface area contributed by atoms with Gasteiger partial charge in [-0.25, -0.2) is 14.5 Å². The first-order valence-corrected chi connectivity index (χ1v) is 13.1. The maximum atomic E-state index is 14.1. The van der Waals surface area contributed by atoms with Crippen molar-refractivity contribution in [2.45, 2.75) is 19.9 Å². The van der Waals surface area contributed by atoms with E-state index in [-0.39, 0.29) is 16.9 Å². The highest BCUT2D eigenvalue weighted by Gasteiger charge is 2.24. The van der Waals surface area contributed by atoms with Gasteiger partial charge in [0.1, 0.15) is 16.4 Å². The summed E-state index contributed by atoms with van der Waals surface area (Å²) >= 11 is 1.37. The van der Waals surface area contributed by atoms with Crippen LogP contribution in [0.5, 0.6) is 0 Å². The largest absolute Gasteiger partial charge is 0.381 e. The highest BCUT2D eigenvalue weighted by molar-refractivity contribution is 7.11. The van der Waals surface area contributed by atoms with E-state index in [2.05, 4.69) is 37.4 Å². The molecule has 4 heterocycles. The molecule has 6 aromatic rings. The predicted octanol–water partition coefficient (Wildman–Crippen LogP) is 3.06. The lowest BCUT2D eigenvalue weighted by Gasteiger charge is -2.20. The standard InChI is InChI=1S/C28H21N9O2S/c1-16(31-27(38)23-24(29)35-36-15-7-14-30-26(23)36)25-32-20-11-6-8-18(12-13-21-34-33-17(2)40-21)22(20)28(39)37(25)19-9-4-3-5-10-19/h3-11,14-16H,1-2H3,(H2,29,35)(H,31,38)/t16-/m1/s1. The molecule has 0 saturated carbocycles. The zero-order valence-corrected chi connectivity index (χ0v) is 22.2. The Kier molecular flexibility index (Phi) is 6.25. The molecule has 0 aliphatic heterocycles. The molecule has 12 heteroatoms. The number of amides is 1. The van der Waals surface area contributed by atoms with Gasteiger partial charge in [0.15, 0.2) is 16.5 Å². The summed E-state index contributed by atoms with van der Waals surface area (Å²) < 4.78 is 2.93. The summed E-state index contributed by atoms with van der Waals surface area (Å²) in [5.41, 5.74) is 7.76. The number of aromatic nitrogens is 7. The molecular weight excluding hydrogens is 526 g/mol. The van der Waals surface area contributed by atoms with Gasteiger partial charge in [0.2, 0.25) is 0 Å². The normalized spacial score (nSPS) is 11.8. The van der Waals surface area contributed by atoms with Crippen LogP contribution in [0.2, 0.25) is 0 Å². The zero-order chi connectivity index (χ0) is 27.8. The van der Waals surface area contributed by atoms with Gasteiger partial charge in [-0.3, -0.25) is 14.2 Å². The third-order valence-corrected chi connectivity index (χ3v) is 6.91. The minimum atomic E-state index is -0.693. The van der Waals surface area contributed by atoms with Crippen molar-refractivity contribution in [2.24, 2.45) is 0 Å². The molecule has 0 aliphatic carbocycles. The Morgan fingerprint density at radius 2 is 1.90 bits per heavy atom. The van der Waals surface area contributed by atoms with Gasteiger partial charge in [-0.05, 0) is 50.1 Å². The van der Waals surface area contributed by atoms with Crippen LogP contribution in [0, 0.1) is 18.8 Å². The van der Waals surface area contributed by atoms with Crippen LogP contribution >= 0.6 is 11.3 Å². The van der Waals surface area contributed by atoms with Crippen molar-refractivity contribution in [1.82, 2.24) is 39.7 Å². The number of rotatable bonds is 4. The lowest BCUT2D eigenvalue weighted by atomic mass is 10.1. The van der Waals surface area contributed by atoms with E-state index in [4.69, 9.17) is 10.7 Å². The van der Waals surface area contributed by atoms with Gasteiger partial charge in [-0.2, -0.15) is 0 Å². The van der Waals surface area contributed by atoms with E-state index in [9.17, 15) is 9.59 Å². The molecule has 1 amide bonds. The maximum Gasteiger partial charge on any atom is 0.267 e. The Hall–Kier alpha value is -5.41. The van der Waals surface area contributed by atoms with Gasteiger partial charge in [0.05, 0.1) is 22.6 Å². The number of carbonyl (C=O) groups is 1. The Morgan fingerprint density at radius 3 is 2.67 bits per heavy atom. The predicted molar refractivity (Wildman–Crippen MR) is 151 cm³/mol. The SMILES string of the molecule is Cc1nnc(C#Cc2cccc3nc([C@@H](C)NC(=O)c4c(N)nn5cccnc45)n(-c4ccccc4)c(=O)c23)s1. The van der Waals surface area contributed by atoms with Crippen molar-refractivity contribution in [3.63, 3.8) is 0 Å². The van der Waals surface area contributed by atoms with Crippen molar-refractivity contribution in [3.05, 3.63) is 104 Å². The fourth-order valence-corrected chi connectivity index (χ4v) is 4.94. The van der Waals surface area contributed by atoms with Gasteiger partial charge in [0.25, 0.3) is 11.5 Å². The summed E-state index contributed by atoms with van der Waals surface area (Å²) in [5.74, 6) is 5.96. The summed E-state index contributed by atoms with van der Waals surface area (Å²) in [6.07, 6.45) is 3.21. The van der Waals surface area contributed by atoms with E-state index >= 15 is 0 Å². The van der Waals surface area contributed by atoms with Crippen molar-refractivity contribution in [3.8, 4) is 17.5 Å². The van der Waals surface area contributed by atoms with Crippen molar-refractivity contribution in [2.75, 3.05) is 5.73 Å². The van der Waals surface area contributed by atoms with Crippen LogP contribution in [0.3, 0.4) is 0 Å². The molecule has 4 aromatic heterocycles. The molecule has 6 rings (SSSR count). The molecule has 0 spiro atoms. The smallest absolute Gasteiger partial charge is 0.267 e. The molecule has 1 atom stereocenters. The monoisotopic (exact) mass is 547 g/mol. The van der Waals surface area contributed by atoms with Gasteiger partial charge in [-0.15, -0.1) is 15.3 Å². The number of nitrogens with zero attached hydrogens (tertiary/aromatic N) is 7. The highest BCUT2D eigenvalue weighted by atomic mass is 32.1. The van der Waals surface area contributed by atoms with E-state index in [1.54, 1.807) is 55.7 Å². The number of para-hydroxylation sites is 1. The highest BCUT2D eigenvalue weighted by Crippen LogP contribution is 2.22. The topological polar surface area (TPSA) is 146 Å². The third-order valence-electron chi connectivity index (χ3n) is 6.15. The molecule has 0 saturated heterocycles. The van der Waals surface area contributed by atoms with Crippen molar-refractivity contribution >= 4 is 39.6 Å². The minimum absolute atomic E-state index is 0.0455. The minimum Gasteiger partial charge on any atom is -0.381 e. The number of hydrogen-bond acceptors (Lipinski definition) is 9. The molecular formula is C28H21N9O2S. The molecule has 3 N–H and O–H groups in total. The molecule has 2 aromatic carbocycles. The Labute approximate surface area is 231 Å². The van der Waals surface area contributed by atoms with E-state index in [0.29, 0.717) is 38.6 Å². The molecule has 40 heavy (non-hydrogen) atoms. The summed E-state index contributed by atoms with van der Waals surface area (Å²) in [5, 5.41) is 16.8. The number of fused-ring (bicyclic) bond motifs is 2. The van der Waals surface area contributed by atoms with Crippen LogP contribution in [0.15, 0.2) is 71.8 Å². The van der Waals surface area contributed by atoms with E-state index in [1.165, 1.54) is 20.4 Å². The van der Waals surface area contributed by atoms with Gasteiger partial charge in [-0.1, -0.05) is 41.5 Å². The summed E-state index contributed by atoms with van der Waals surface area (Å²) in [4.78, 5) is 36.6. The molecule has 0 fully saturated rings. The number of nitrogen functional groups attached to an aromatic ring is 1. The average molecular weight is 548 g/mol. The summed E-state index contributed by atoms with van der Waals surface area (Å²) in [6, 6.07) is 15.4. The number of benzene rings is 2. The lowest BCUT2D eigenvalue weighted by molar-refractivity contribution is 0.0940. The maximum absolute atomic E-state index is 14.1. The quantitative estimate of drug-likeness (QED) is 0.320. The zero-order valence-electron chi connectivity index (χ0n) is 21.4. The summed E-state index contributed by atoms with van der Waals surface area (Å²) in [6.45, 7) is 3.60. The number of hydrogen-bond donors (Lipinski definition) is 2. The number of nitrogens with one attached hydrogen (secondary N) is 1. The number of anilines is 1. The van der Waals surface area contributed by atoms with E-state index < -0.39 is 11.9 Å². The van der Waals surface area contributed by atoms with Crippen LogP contribution in [-0.4, -0.2) is 40.3 Å². The molecule has 0 radical (unpaired) electrons. The Morgan fingerprint density at radius 1 is 1.07 bits per heavy atom. The second-order valence-corrected chi connectivity index (χ2v) is 10.0. The second kappa shape index (κ2) is 10.0. The number of carbonyl (C=O) groups excluding carboxylic acids is 1. The fourth-order valence-electron chi connectivity index (χ4n) is 4.39. The Bertz CT molecular complexity index is 2030. The first-order chi connectivity index (χ1) is 19.4. The first kappa shape index (κ1) is 24.9. The van der Waals surface area contributed by atoms with Crippen molar-refractivity contribution in [1.29, 1.82) is 0 Å². The molecule has 0 unspecified atom stereocenters. The lowest BCUT2D eigenvalue weighted by Crippen LogP contribution is -2.33. The average Bonchev–Trinajstić information content (AvgIpc) is 3.53. The van der Waals surface area contributed by atoms with Crippen LogP contribution in [0.25, 0.3) is 22.2 Å². The number of aryl methyl sites for hydroxylation is 1.